The fraction of sp³-hybridized carbons (Fsp3) is 0.526. The van der Waals surface area contributed by atoms with Crippen LogP contribution < -0.4 is 10.2 Å². The molecule has 1 N–H and O–H groups in total. The molecule has 1 aromatic carbocycles. The van der Waals surface area contributed by atoms with E-state index in [1.165, 1.54) is 0 Å². The van der Waals surface area contributed by atoms with E-state index in [0.29, 0.717) is 13.0 Å². The molecular weight excluding hydrogens is 318 g/mol. The lowest BCUT2D eigenvalue weighted by Crippen LogP contribution is -2.54. The van der Waals surface area contributed by atoms with Gasteiger partial charge in [0.15, 0.2) is 0 Å². The minimum absolute atomic E-state index is 0.0919. The van der Waals surface area contributed by atoms with E-state index in [2.05, 4.69) is 5.32 Å². The van der Waals surface area contributed by atoms with Crippen molar-refractivity contribution in [3.05, 3.63) is 30.3 Å². The Morgan fingerprint density at radius 2 is 2.00 bits per heavy atom. The molecule has 1 saturated carbocycles. The Labute approximate surface area is 148 Å². The quantitative estimate of drug-likeness (QED) is 0.854. The van der Waals surface area contributed by atoms with E-state index >= 15 is 0 Å². The lowest BCUT2D eigenvalue weighted by molar-refractivity contribution is -0.136. The van der Waals surface area contributed by atoms with Crippen molar-refractivity contribution in [2.75, 3.05) is 18.0 Å². The Hall–Kier alpha value is -2.37. The summed E-state index contributed by atoms with van der Waals surface area (Å²) in [7, 11) is 0. The Bertz CT molecular complexity index is 676. The van der Waals surface area contributed by atoms with Crippen molar-refractivity contribution in [2.45, 2.75) is 45.1 Å². The highest BCUT2D eigenvalue weighted by atomic mass is 16.2. The van der Waals surface area contributed by atoms with E-state index in [-0.39, 0.29) is 24.3 Å². The van der Waals surface area contributed by atoms with E-state index in [1.54, 1.807) is 4.90 Å². The summed E-state index contributed by atoms with van der Waals surface area (Å²) in [5.41, 5.74) is -0.0536. The number of nitrogens with zero attached hydrogens (tertiary/aromatic N) is 2. The number of urea groups is 1. The summed E-state index contributed by atoms with van der Waals surface area (Å²) in [6.45, 7) is 4.14. The molecule has 1 aliphatic carbocycles. The molecule has 1 heterocycles. The molecule has 0 aromatic heterocycles. The Morgan fingerprint density at radius 3 is 2.64 bits per heavy atom. The van der Waals surface area contributed by atoms with Crippen LogP contribution in [0.1, 0.15) is 39.5 Å². The van der Waals surface area contributed by atoms with Crippen LogP contribution in [0.2, 0.25) is 0 Å². The lowest BCUT2D eigenvalue weighted by atomic mass is 9.73. The highest BCUT2D eigenvalue weighted by molar-refractivity contribution is 6.10. The number of amides is 4. The second-order valence-corrected chi connectivity index (χ2v) is 6.91. The number of imide groups is 1. The minimum atomic E-state index is -0.820. The highest BCUT2D eigenvalue weighted by Gasteiger charge is 2.55. The second kappa shape index (κ2) is 6.86. The first-order valence-electron chi connectivity index (χ1n) is 8.99. The number of carbonyl (C=O) groups is 3. The molecule has 1 spiro atoms. The number of rotatable bonds is 4. The number of likely N-dealkylation sites (N-methyl/N-ethyl adjacent to an activating group) is 1. The van der Waals surface area contributed by atoms with Gasteiger partial charge in [-0.15, -0.1) is 0 Å². The summed E-state index contributed by atoms with van der Waals surface area (Å²) >= 11 is 0. The molecule has 0 radical (unpaired) electrons. The van der Waals surface area contributed by atoms with Gasteiger partial charge < -0.3 is 10.2 Å². The van der Waals surface area contributed by atoms with Crippen molar-refractivity contribution in [2.24, 2.45) is 5.92 Å². The molecule has 2 atom stereocenters. The molecule has 2 aliphatic rings. The van der Waals surface area contributed by atoms with Crippen LogP contribution in [-0.2, 0) is 9.59 Å². The molecule has 2 unspecified atom stereocenters. The Morgan fingerprint density at radius 1 is 1.28 bits per heavy atom. The van der Waals surface area contributed by atoms with Gasteiger partial charge in [0.05, 0.1) is 0 Å². The van der Waals surface area contributed by atoms with Crippen molar-refractivity contribution in [3.8, 4) is 0 Å². The van der Waals surface area contributed by atoms with Gasteiger partial charge in [0.1, 0.15) is 12.1 Å². The monoisotopic (exact) mass is 343 g/mol. The SMILES string of the molecule is CCN(C(=O)CN1C(=O)NC2(CCCCC2C)C1=O)c1ccccc1. The van der Waals surface area contributed by atoms with Crippen molar-refractivity contribution >= 4 is 23.5 Å². The van der Waals surface area contributed by atoms with Crippen molar-refractivity contribution in [3.63, 3.8) is 0 Å². The molecule has 0 bridgehead atoms. The number of benzene rings is 1. The zero-order valence-electron chi connectivity index (χ0n) is 14.8. The Balaban J connectivity index is 1.77. The van der Waals surface area contributed by atoms with Crippen molar-refractivity contribution in [1.29, 1.82) is 0 Å². The smallest absolute Gasteiger partial charge is 0.323 e. The maximum absolute atomic E-state index is 13.0. The number of hydrogen-bond donors (Lipinski definition) is 1. The van der Waals surface area contributed by atoms with Gasteiger partial charge in [-0.3, -0.25) is 14.5 Å². The van der Waals surface area contributed by atoms with Gasteiger partial charge in [-0.1, -0.05) is 38.0 Å². The Kier molecular flexibility index (Phi) is 4.79. The first-order valence-corrected chi connectivity index (χ1v) is 8.99. The van der Waals surface area contributed by atoms with Gasteiger partial charge in [-0.2, -0.15) is 0 Å². The van der Waals surface area contributed by atoms with Gasteiger partial charge in [-0.25, -0.2) is 4.79 Å². The second-order valence-electron chi connectivity index (χ2n) is 6.91. The van der Waals surface area contributed by atoms with Crippen LogP contribution in [0.5, 0.6) is 0 Å². The average Bonchev–Trinajstić information content (AvgIpc) is 2.84. The third-order valence-electron chi connectivity index (χ3n) is 5.48. The van der Waals surface area contributed by atoms with Gasteiger partial charge in [0, 0.05) is 12.2 Å². The molecule has 1 aromatic rings. The summed E-state index contributed by atoms with van der Waals surface area (Å²) < 4.78 is 0. The van der Waals surface area contributed by atoms with E-state index in [9.17, 15) is 14.4 Å². The van der Waals surface area contributed by atoms with Crippen LogP contribution in [0.4, 0.5) is 10.5 Å². The molecule has 2 fully saturated rings. The predicted octanol–water partition coefficient (Wildman–Crippen LogP) is 2.54. The van der Waals surface area contributed by atoms with Crippen LogP contribution in [-0.4, -0.2) is 41.4 Å². The fourth-order valence-electron chi connectivity index (χ4n) is 3.97. The van der Waals surface area contributed by atoms with Crippen LogP contribution >= 0.6 is 0 Å². The zero-order valence-corrected chi connectivity index (χ0v) is 14.8. The molecule has 4 amide bonds. The molecule has 1 aliphatic heterocycles. The third-order valence-corrected chi connectivity index (χ3v) is 5.48. The molecule has 134 valence electrons. The average molecular weight is 343 g/mol. The van der Waals surface area contributed by atoms with Crippen molar-refractivity contribution < 1.29 is 14.4 Å². The third kappa shape index (κ3) is 3.01. The number of anilines is 1. The molecule has 3 rings (SSSR count). The largest absolute Gasteiger partial charge is 0.325 e. The van der Waals surface area contributed by atoms with Gasteiger partial charge in [0.25, 0.3) is 5.91 Å². The zero-order chi connectivity index (χ0) is 18.0. The number of carbonyl (C=O) groups excluding carboxylic acids is 3. The maximum Gasteiger partial charge on any atom is 0.325 e. The van der Waals surface area contributed by atoms with Crippen LogP contribution in [0.25, 0.3) is 0 Å². The van der Waals surface area contributed by atoms with E-state index in [0.717, 1.165) is 29.8 Å². The predicted molar refractivity (Wildman–Crippen MR) is 95.1 cm³/mol. The van der Waals surface area contributed by atoms with Gasteiger partial charge >= 0.3 is 6.03 Å². The highest BCUT2D eigenvalue weighted by Crippen LogP contribution is 2.38. The standard InChI is InChI=1S/C19H25N3O3/c1-3-21(15-10-5-4-6-11-15)16(23)13-22-17(24)19(20-18(22)25)12-8-7-9-14(19)2/h4-6,10-11,14H,3,7-9,12-13H2,1-2H3,(H,20,25). The van der Waals surface area contributed by atoms with Crippen molar-refractivity contribution in [1.82, 2.24) is 10.2 Å². The van der Waals surface area contributed by atoms with Crippen LogP contribution in [0, 0.1) is 5.92 Å². The van der Waals surface area contributed by atoms with E-state index in [1.807, 2.05) is 44.2 Å². The summed E-state index contributed by atoms with van der Waals surface area (Å²) in [4.78, 5) is 40.8. The molecule has 1 saturated heterocycles. The summed E-state index contributed by atoms with van der Waals surface area (Å²) in [6, 6.07) is 8.84. The first kappa shape index (κ1) is 17.5. The van der Waals surface area contributed by atoms with Crippen LogP contribution in [0.15, 0.2) is 30.3 Å². The maximum atomic E-state index is 13.0. The van der Waals surface area contributed by atoms with Crippen LogP contribution in [0.3, 0.4) is 0 Å². The minimum Gasteiger partial charge on any atom is -0.323 e. The lowest BCUT2D eigenvalue weighted by Gasteiger charge is -2.36. The fourth-order valence-corrected chi connectivity index (χ4v) is 3.97. The van der Waals surface area contributed by atoms with Gasteiger partial charge in [-0.05, 0) is 37.8 Å². The molecule has 6 nitrogen and oxygen atoms in total. The van der Waals surface area contributed by atoms with Gasteiger partial charge in [0.2, 0.25) is 5.91 Å². The number of nitrogens with one attached hydrogen (secondary N) is 1. The van der Waals surface area contributed by atoms with E-state index in [4.69, 9.17) is 0 Å². The molecule has 25 heavy (non-hydrogen) atoms. The summed E-state index contributed by atoms with van der Waals surface area (Å²) in [5, 5.41) is 2.89. The van der Waals surface area contributed by atoms with E-state index < -0.39 is 11.6 Å². The molecular formula is C19H25N3O3. The topological polar surface area (TPSA) is 69.7 Å². The first-order chi connectivity index (χ1) is 12.0. The molecule has 6 heteroatoms. The number of para-hydroxylation sites is 1. The normalized spacial score (nSPS) is 26.0. The number of hydrogen-bond acceptors (Lipinski definition) is 3. The summed E-state index contributed by atoms with van der Waals surface area (Å²) in [5.74, 6) is -0.408. The summed E-state index contributed by atoms with van der Waals surface area (Å²) in [6.07, 6.45) is 3.56.